The molecule has 0 fully saturated rings. The van der Waals surface area contributed by atoms with Gasteiger partial charge in [-0.05, 0) is 24.7 Å². The second-order valence-electron chi connectivity index (χ2n) is 4.31. The first-order valence-electron chi connectivity index (χ1n) is 5.63. The molecule has 0 spiro atoms. The van der Waals surface area contributed by atoms with Crippen molar-refractivity contribution in [3.8, 4) is 0 Å². The van der Waals surface area contributed by atoms with Crippen molar-refractivity contribution in [3.05, 3.63) is 35.4 Å². The largest absolute Gasteiger partial charge is 0.358 e. The van der Waals surface area contributed by atoms with Crippen molar-refractivity contribution in [2.45, 2.75) is 27.3 Å². The normalized spacial score (nSPS) is 10.1. The number of aryl methyl sites for hydroxylation is 1. The molecule has 1 amide bonds. The molecule has 1 aromatic rings. The van der Waals surface area contributed by atoms with E-state index in [1.807, 2.05) is 45.0 Å². The van der Waals surface area contributed by atoms with Gasteiger partial charge < -0.3 is 10.6 Å². The molecule has 0 aliphatic rings. The first kappa shape index (κ1) is 13.6. The van der Waals surface area contributed by atoms with Crippen molar-refractivity contribution in [2.24, 2.45) is 5.92 Å². The molecule has 3 nitrogen and oxygen atoms in total. The zero-order valence-corrected chi connectivity index (χ0v) is 11.2. The van der Waals surface area contributed by atoms with Gasteiger partial charge in [-0.25, -0.2) is 0 Å². The van der Waals surface area contributed by atoms with Crippen molar-refractivity contribution in [3.63, 3.8) is 0 Å². The Balaban J connectivity index is 2.38. The summed E-state index contributed by atoms with van der Waals surface area (Å²) in [5, 5.41) is 6.03. The van der Waals surface area contributed by atoms with E-state index in [-0.39, 0.29) is 11.8 Å². The Morgan fingerprint density at radius 3 is 2.41 bits per heavy atom. The molecule has 0 saturated heterocycles. The number of benzene rings is 1. The number of nitrogens with one attached hydrogen (secondary N) is 2. The molecule has 1 aromatic carbocycles. The molecule has 4 heteroatoms. The summed E-state index contributed by atoms with van der Waals surface area (Å²) in [5.74, 6) is -0.125. The fourth-order valence-corrected chi connectivity index (χ4v) is 1.36. The van der Waals surface area contributed by atoms with Crippen LogP contribution in [0.4, 0.5) is 0 Å². The second-order valence-corrected chi connectivity index (χ2v) is 4.72. The highest BCUT2D eigenvalue weighted by molar-refractivity contribution is 7.80. The number of hydrogen-bond donors (Lipinski definition) is 2. The van der Waals surface area contributed by atoms with Crippen molar-refractivity contribution in [1.29, 1.82) is 0 Å². The molecule has 0 radical (unpaired) electrons. The van der Waals surface area contributed by atoms with Crippen LogP contribution in [-0.2, 0) is 11.3 Å². The minimum atomic E-state index is -0.0635. The summed E-state index contributed by atoms with van der Waals surface area (Å²) in [6.07, 6.45) is 0. The van der Waals surface area contributed by atoms with Crippen LogP contribution in [0.3, 0.4) is 0 Å². The van der Waals surface area contributed by atoms with Gasteiger partial charge in [-0.1, -0.05) is 43.7 Å². The van der Waals surface area contributed by atoms with Crippen LogP contribution in [0.5, 0.6) is 0 Å². The number of carbonyl (C=O) groups is 1. The van der Waals surface area contributed by atoms with Crippen molar-refractivity contribution >= 4 is 23.2 Å². The van der Waals surface area contributed by atoms with Crippen molar-refractivity contribution in [2.75, 3.05) is 0 Å². The quantitative estimate of drug-likeness (QED) is 0.808. The standard InChI is InChI=1S/C13H18N2OS/c1-9(2)12(16)15-13(17)14-8-11-6-4-10(3)5-7-11/h4-7,9H,8H2,1-3H3,(H2,14,15,16,17). The summed E-state index contributed by atoms with van der Waals surface area (Å²) in [6.45, 7) is 6.33. The Morgan fingerprint density at radius 1 is 1.29 bits per heavy atom. The van der Waals surface area contributed by atoms with Crippen LogP contribution in [-0.4, -0.2) is 11.0 Å². The monoisotopic (exact) mass is 250 g/mol. The summed E-state index contributed by atoms with van der Waals surface area (Å²) < 4.78 is 0. The third kappa shape index (κ3) is 4.95. The topological polar surface area (TPSA) is 41.1 Å². The highest BCUT2D eigenvalue weighted by Crippen LogP contribution is 2.02. The van der Waals surface area contributed by atoms with Crippen LogP contribution in [0.2, 0.25) is 0 Å². The fraction of sp³-hybridized carbons (Fsp3) is 0.385. The van der Waals surface area contributed by atoms with Crippen LogP contribution >= 0.6 is 12.2 Å². The molecule has 0 atom stereocenters. The lowest BCUT2D eigenvalue weighted by Crippen LogP contribution is -2.40. The number of hydrogen-bond acceptors (Lipinski definition) is 2. The average Bonchev–Trinajstić information content (AvgIpc) is 2.28. The average molecular weight is 250 g/mol. The predicted molar refractivity (Wildman–Crippen MR) is 73.6 cm³/mol. The number of carbonyl (C=O) groups excluding carboxylic acids is 1. The van der Waals surface area contributed by atoms with Gasteiger partial charge in [0.2, 0.25) is 5.91 Å². The third-order valence-corrected chi connectivity index (χ3v) is 2.58. The highest BCUT2D eigenvalue weighted by Gasteiger charge is 2.08. The van der Waals surface area contributed by atoms with Gasteiger partial charge in [-0.15, -0.1) is 0 Å². The van der Waals surface area contributed by atoms with E-state index in [2.05, 4.69) is 10.6 Å². The van der Waals surface area contributed by atoms with Gasteiger partial charge in [0.25, 0.3) is 0 Å². The van der Waals surface area contributed by atoms with Crippen LogP contribution in [0.1, 0.15) is 25.0 Å². The maximum absolute atomic E-state index is 11.4. The van der Waals surface area contributed by atoms with E-state index in [0.717, 1.165) is 5.56 Å². The molecule has 17 heavy (non-hydrogen) atoms. The van der Waals surface area contributed by atoms with Crippen LogP contribution in [0.15, 0.2) is 24.3 Å². The summed E-state index contributed by atoms with van der Waals surface area (Å²) in [7, 11) is 0. The van der Waals surface area contributed by atoms with Crippen molar-refractivity contribution < 1.29 is 4.79 Å². The minimum absolute atomic E-state index is 0.0610. The third-order valence-electron chi connectivity index (χ3n) is 2.33. The van der Waals surface area contributed by atoms with Gasteiger partial charge in [-0.3, -0.25) is 4.79 Å². The van der Waals surface area contributed by atoms with Gasteiger partial charge in [0, 0.05) is 12.5 Å². The molecule has 0 heterocycles. The molecule has 0 saturated carbocycles. The second kappa shape index (κ2) is 6.35. The maximum atomic E-state index is 11.4. The van der Waals surface area contributed by atoms with Crippen LogP contribution in [0, 0.1) is 12.8 Å². The molecule has 0 bridgehead atoms. The highest BCUT2D eigenvalue weighted by atomic mass is 32.1. The first-order chi connectivity index (χ1) is 7.99. The molecule has 92 valence electrons. The Kier molecular flexibility index (Phi) is 5.10. The lowest BCUT2D eigenvalue weighted by atomic mass is 10.1. The maximum Gasteiger partial charge on any atom is 0.228 e. The summed E-state index contributed by atoms with van der Waals surface area (Å²) in [4.78, 5) is 11.4. The molecule has 0 aromatic heterocycles. The Labute approximate surface area is 108 Å². The van der Waals surface area contributed by atoms with E-state index in [1.54, 1.807) is 0 Å². The lowest BCUT2D eigenvalue weighted by Gasteiger charge is -2.11. The minimum Gasteiger partial charge on any atom is -0.358 e. The molecular formula is C13H18N2OS. The van der Waals surface area contributed by atoms with Gasteiger partial charge in [0.1, 0.15) is 0 Å². The molecular weight excluding hydrogens is 232 g/mol. The van der Waals surface area contributed by atoms with E-state index in [0.29, 0.717) is 11.7 Å². The van der Waals surface area contributed by atoms with Gasteiger partial charge in [0.05, 0.1) is 0 Å². The Hall–Kier alpha value is -1.42. The first-order valence-corrected chi connectivity index (χ1v) is 6.04. The number of thiocarbonyl (C=S) groups is 1. The molecule has 1 rings (SSSR count). The predicted octanol–water partition coefficient (Wildman–Crippen LogP) is 2.14. The van der Waals surface area contributed by atoms with Gasteiger partial charge in [0.15, 0.2) is 5.11 Å². The molecule has 0 aliphatic heterocycles. The van der Waals surface area contributed by atoms with Crippen molar-refractivity contribution in [1.82, 2.24) is 10.6 Å². The van der Waals surface area contributed by atoms with E-state index >= 15 is 0 Å². The molecule has 0 aliphatic carbocycles. The summed E-state index contributed by atoms with van der Waals surface area (Å²) in [6, 6.07) is 8.17. The Bertz CT molecular complexity index is 398. The van der Waals surface area contributed by atoms with E-state index in [4.69, 9.17) is 12.2 Å². The lowest BCUT2D eigenvalue weighted by molar-refractivity contribution is -0.122. The van der Waals surface area contributed by atoms with E-state index in [1.165, 1.54) is 5.56 Å². The van der Waals surface area contributed by atoms with E-state index < -0.39 is 0 Å². The summed E-state index contributed by atoms with van der Waals surface area (Å²) in [5.41, 5.74) is 2.36. The summed E-state index contributed by atoms with van der Waals surface area (Å²) >= 11 is 5.03. The SMILES string of the molecule is Cc1ccc(CNC(=S)NC(=O)C(C)C)cc1. The molecule has 0 unspecified atom stereocenters. The van der Waals surface area contributed by atoms with Gasteiger partial charge in [-0.2, -0.15) is 0 Å². The zero-order valence-electron chi connectivity index (χ0n) is 10.4. The number of rotatable bonds is 3. The fourth-order valence-electron chi connectivity index (χ4n) is 1.19. The van der Waals surface area contributed by atoms with Gasteiger partial charge >= 0.3 is 0 Å². The smallest absolute Gasteiger partial charge is 0.228 e. The van der Waals surface area contributed by atoms with Crippen LogP contribution in [0.25, 0.3) is 0 Å². The Morgan fingerprint density at radius 2 is 1.88 bits per heavy atom. The van der Waals surface area contributed by atoms with E-state index in [9.17, 15) is 4.79 Å². The number of amides is 1. The zero-order chi connectivity index (χ0) is 12.8. The molecule has 2 N–H and O–H groups in total. The van der Waals surface area contributed by atoms with Crippen LogP contribution < -0.4 is 10.6 Å².